The average Bonchev–Trinajstić information content (AvgIpc) is 2.77. The molecule has 1 saturated heterocycles. The van der Waals surface area contributed by atoms with Crippen LogP contribution in [0.3, 0.4) is 0 Å². The van der Waals surface area contributed by atoms with Gasteiger partial charge in [-0.05, 0) is 0 Å². The predicted molar refractivity (Wildman–Crippen MR) is 91.9 cm³/mol. The molecule has 21 heteroatoms. The van der Waals surface area contributed by atoms with Crippen LogP contribution in [0.1, 0.15) is 0 Å². The molecule has 0 aromatic carbocycles. The Bertz CT molecular complexity index is 1070. The number of aliphatic hydroxyl groups is 2. The van der Waals surface area contributed by atoms with E-state index in [-0.39, 0.29) is 0 Å². The highest BCUT2D eigenvalue weighted by Crippen LogP contribution is 2.66. The zero-order valence-electron chi connectivity index (χ0n) is 14.8. The number of rotatable bonds is 9. The molecule has 0 spiro atoms. The Kier molecular flexibility index (Phi) is 7.62. The number of phosphoric ester groups is 1. The second-order valence-corrected chi connectivity index (χ2v) is 10.4. The lowest BCUT2D eigenvalue weighted by Gasteiger charge is -2.24. The monoisotopic (exact) mass is 516 g/mol. The Hall–Kier alpha value is -1.10. The maximum atomic E-state index is 14.8. The Morgan fingerprint density at radius 3 is 2.29 bits per heavy atom. The van der Waals surface area contributed by atoms with E-state index in [4.69, 9.17) is 19.4 Å². The van der Waals surface area contributed by atoms with Gasteiger partial charge < -0.3 is 34.5 Å². The van der Waals surface area contributed by atoms with Gasteiger partial charge in [-0.15, -0.1) is 0 Å². The van der Waals surface area contributed by atoms with Gasteiger partial charge in [0.1, 0.15) is 24.9 Å². The van der Waals surface area contributed by atoms with Gasteiger partial charge in [-0.3, -0.25) is 18.9 Å². The van der Waals surface area contributed by atoms with E-state index in [0.29, 0.717) is 0 Å². The first-order valence-electron chi connectivity index (χ1n) is 7.74. The van der Waals surface area contributed by atoms with Gasteiger partial charge in [-0.1, -0.05) is 0 Å². The summed E-state index contributed by atoms with van der Waals surface area (Å²) in [6.07, 6.45) is -5.07. The van der Waals surface area contributed by atoms with Crippen molar-refractivity contribution >= 4 is 23.5 Å². The quantitative estimate of drug-likeness (QED) is 0.170. The third-order valence-corrected chi connectivity index (χ3v) is 7.39. The average molecular weight is 516 g/mol. The maximum absolute atomic E-state index is 14.8. The molecule has 2 unspecified atom stereocenters. The molecular weight excluding hydrogens is 500 g/mol. The van der Waals surface area contributed by atoms with E-state index >= 15 is 0 Å². The summed E-state index contributed by atoms with van der Waals surface area (Å²) < 4.78 is 64.7. The van der Waals surface area contributed by atoms with Crippen LogP contribution in [0, 0.1) is 0 Å². The summed E-state index contributed by atoms with van der Waals surface area (Å²) in [5, 5.41) is 19.8. The lowest BCUT2D eigenvalue weighted by atomic mass is 10.1. The van der Waals surface area contributed by atoms with Crippen molar-refractivity contribution in [3.05, 3.63) is 33.1 Å². The highest BCUT2D eigenvalue weighted by molar-refractivity contribution is 7.66. The molecule has 7 N–H and O–H groups in total. The molecule has 1 aliphatic heterocycles. The maximum Gasteiger partial charge on any atom is 0.490 e. The SMILES string of the molecule is O=c1ccn(C[C@@H]2O[C@](F)(COP(=O)(O)OP(=O)(O)OP(=O)(O)O)[C@@H](O)[C@H]2O)c(=O)[nH]1. The fraction of sp³-hybridized carbons (Fsp3) is 0.600. The molecule has 17 nitrogen and oxygen atoms in total. The molecule has 1 fully saturated rings. The Morgan fingerprint density at radius 2 is 1.74 bits per heavy atom. The number of aromatic nitrogens is 2. The lowest BCUT2D eigenvalue weighted by molar-refractivity contribution is -0.194. The summed E-state index contributed by atoms with van der Waals surface area (Å²) >= 11 is 0. The minimum absolute atomic E-state index is 0.589. The number of aromatic amines is 1. The third kappa shape index (κ3) is 7.20. The van der Waals surface area contributed by atoms with Crippen LogP contribution in [0.15, 0.2) is 21.9 Å². The Labute approximate surface area is 170 Å². The summed E-state index contributed by atoms with van der Waals surface area (Å²) in [6, 6.07) is 0.928. The molecule has 0 saturated carbocycles. The first kappa shape index (κ1) is 26.2. The standard InChI is InChI=1S/C10H16FN2O15P3/c11-10(4-25-30(21,22)28-31(23,24)27-29(18,19)20)8(16)7(15)5(26-10)3-13-2-1-6(14)12-9(13)17/h1-2,5,7-8,15-16H,3-4H2,(H,21,22)(H,23,24)(H,12,14,17)(H2,18,19,20)/t5-,7-,8-,10+/m0/s1. The lowest BCUT2D eigenvalue weighted by Crippen LogP contribution is -2.43. The number of phosphoric acid groups is 3. The first-order chi connectivity index (χ1) is 13.9. The van der Waals surface area contributed by atoms with Gasteiger partial charge in [-0.2, -0.15) is 8.62 Å². The molecule has 0 bridgehead atoms. The molecule has 2 rings (SSSR count). The summed E-state index contributed by atoms with van der Waals surface area (Å²) in [7, 11) is -17.2. The fourth-order valence-corrected chi connectivity index (χ4v) is 5.40. The van der Waals surface area contributed by atoms with Crippen LogP contribution in [0.4, 0.5) is 4.39 Å². The number of ether oxygens (including phenoxy) is 1. The van der Waals surface area contributed by atoms with Crippen molar-refractivity contribution in [2.24, 2.45) is 0 Å². The van der Waals surface area contributed by atoms with Gasteiger partial charge in [0.05, 0.1) is 6.54 Å². The minimum atomic E-state index is -5.86. The first-order valence-corrected chi connectivity index (χ1v) is 12.3. The normalized spacial score (nSPS) is 30.6. The van der Waals surface area contributed by atoms with Crippen molar-refractivity contribution in [1.29, 1.82) is 0 Å². The molecule has 0 aliphatic carbocycles. The number of halogens is 1. The van der Waals surface area contributed by atoms with Crippen LogP contribution in [0.2, 0.25) is 0 Å². The van der Waals surface area contributed by atoms with Crippen molar-refractivity contribution in [3.63, 3.8) is 0 Å². The van der Waals surface area contributed by atoms with Crippen molar-refractivity contribution in [3.8, 4) is 0 Å². The summed E-state index contributed by atoms with van der Waals surface area (Å²) in [4.78, 5) is 59.8. The van der Waals surface area contributed by atoms with E-state index in [1.54, 1.807) is 0 Å². The number of hydrogen-bond acceptors (Lipinski definition) is 11. The summed E-state index contributed by atoms with van der Waals surface area (Å²) in [5.74, 6) is -3.40. The molecule has 0 radical (unpaired) electrons. The number of hydrogen-bond donors (Lipinski definition) is 7. The molecule has 1 aromatic rings. The number of aliphatic hydroxyl groups excluding tert-OH is 2. The number of nitrogens with zero attached hydrogens (tertiary/aromatic N) is 1. The molecule has 1 aromatic heterocycles. The van der Waals surface area contributed by atoms with Crippen molar-refractivity contribution in [2.75, 3.05) is 6.61 Å². The molecule has 31 heavy (non-hydrogen) atoms. The van der Waals surface area contributed by atoms with Crippen molar-refractivity contribution < 1.29 is 65.8 Å². The smallest absolute Gasteiger partial charge is 0.387 e. The van der Waals surface area contributed by atoms with Gasteiger partial charge in [0, 0.05) is 12.3 Å². The van der Waals surface area contributed by atoms with Gasteiger partial charge in [0.15, 0.2) is 0 Å². The van der Waals surface area contributed by atoms with E-state index in [1.807, 2.05) is 4.98 Å². The topological polar surface area (TPSA) is 264 Å². The Balaban J connectivity index is 2.07. The largest absolute Gasteiger partial charge is 0.490 e. The van der Waals surface area contributed by atoms with E-state index < -0.39 is 72.0 Å². The van der Waals surface area contributed by atoms with Gasteiger partial charge in [0.25, 0.3) is 11.4 Å². The van der Waals surface area contributed by atoms with E-state index in [1.165, 1.54) is 0 Å². The second-order valence-electron chi connectivity index (χ2n) is 6.00. The fourth-order valence-electron chi connectivity index (χ4n) is 2.37. The van der Waals surface area contributed by atoms with Crippen LogP contribution >= 0.6 is 23.5 Å². The Morgan fingerprint density at radius 1 is 1.13 bits per heavy atom. The van der Waals surface area contributed by atoms with E-state index in [0.717, 1.165) is 16.8 Å². The molecule has 2 heterocycles. The molecule has 0 amide bonds. The zero-order valence-corrected chi connectivity index (χ0v) is 17.5. The van der Waals surface area contributed by atoms with E-state index in [9.17, 15) is 42.8 Å². The number of nitrogens with one attached hydrogen (secondary N) is 1. The minimum Gasteiger partial charge on any atom is -0.387 e. The highest BCUT2D eigenvalue weighted by Gasteiger charge is 2.56. The molecule has 6 atom stereocenters. The van der Waals surface area contributed by atoms with Crippen LogP contribution in [-0.4, -0.2) is 70.1 Å². The highest BCUT2D eigenvalue weighted by atomic mass is 31.3. The zero-order chi connectivity index (χ0) is 23.8. The summed E-state index contributed by atoms with van der Waals surface area (Å²) in [5.41, 5.74) is -1.70. The number of H-pyrrole nitrogens is 1. The van der Waals surface area contributed by atoms with Crippen LogP contribution in [0.5, 0.6) is 0 Å². The third-order valence-electron chi connectivity index (χ3n) is 3.61. The summed E-state index contributed by atoms with van der Waals surface area (Å²) in [6.45, 7) is -2.28. The number of alkyl halides is 1. The van der Waals surface area contributed by atoms with Crippen LogP contribution in [-0.2, 0) is 38.1 Å². The van der Waals surface area contributed by atoms with Gasteiger partial charge >= 0.3 is 29.2 Å². The van der Waals surface area contributed by atoms with Crippen LogP contribution in [0.25, 0.3) is 0 Å². The van der Waals surface area contributed by atoms with Crippen LogP contribution < -0.4 is 11.2 Å². The van der Waals surface area contributed by atoms with Gasteiger partial charge in [0.2, 0.25) is 0 Å². The van der Waals surface area contributed by atoms with Crippen molar-refractivity contribution in [2.45, 2.75) is 30.7 Å². The predicted octanol–water partition coefficient (Wildman–Crippen LogP) is -2.33. The molecular formula is C10H16FN2O15P3. The van der Waals surface area contributed by atoms with Crippen molar-refractivity contribution in [1.82, 2.24) is 9.55 Å². The molecule has 178 valence electrons. The van der Waals surface area contributed by atoms with E-state index in [2.05, 4.69) is 13.1 Å². The second kappa shape index (κ2) is 9.03. The molecule has 1 aliphatic rings. The van der Waals surface area contributed by atoms with Gasteiger partial charge in [-0.25, -0.2) is 22.9 Å².